The smallest absolute Gasteiger partial charge is 0.234 e. The molecule has 1 saturated heterocycles. The summed E-state index contributed by atoms with van der Waals surface area (Å²) in [4.78, 5) is 14.1. The Morgan fingerprint density at radius 3 is 2.50 bits per heavy atom. The second-order valence-corrected chi connectivity index (χ2v) is 6.93. The van der Waals surface area contributed by atoms with Crippen LogP contribution in [0.2, 0.25) is 0 Å². The zero-order chi connectivity index (χ0) is 14.4. The molecule has 0 radical (unpaired) electrons. The van der Waals surface area contributed by atoms with Crippen molar-refractivity contribution in [2.24, 2.45) is 11.8 Å². The minimum absolute atomic E-state index is 0.190. The zero-order valence-electron chi connectivity index (χ0n) is 13.2. The van der Waals surface area contributed by atoms with Gasteiger partial charge in [-0.3, -0.25) is 9.69 Å². The van der Waals surface area contributed by atoms with Crippen LogP contribution in [0.3, 0.4) is 0 Å². The van der Waals surface area contributed by atoms with Crippen LogP contribution >= 0.6 is 0 Å². The van der Waals surface area contributed by atoms with Crippen molar-refractivity contribution in [3.05, 3.63) is 0 Å². The number of carbonyl (C=O) groups is 1. The molecule has 20 heavy (non-hydrogen) atoms. The molecule has 0 aromatic heterocycles. The van der Waals surface area contributed by atoms with E-state index in [-0.39, 0.29) is 5.91 Å². The fraction of sp³-hybridized carbons (Fsp3) is 0.938. The van der Waals surface area contributed by atoms with Crippen LogP contribution in [0, 0.1) is 11.8 Å². The topological polar surface area (TPSA) is 44.4 Å². The number of hydrogen-bond donors (Lipinski definition) is 2. The summed E-state index contributed by atoms with van der Waals surface area (Å²) >= 11 is 0. The van der Waals surface area contributed by atoms with Gasteiger partial charge in [0.05, 0.1) is 6.54 Å². The largest absolute Gasteiger partial charge is 0.355 e. The predicted molar refractivity (Wildman–Crippen MR) is 82.7 cm³/mol. The van der Waals surface area contributed by atoms with Crippen LogP contribution in [0.15, 0.2) is 0 Å². The third-order valence-electron chi connectivity index (χ3n) is 4.39. The molecule has 1 saturated carbocycles. The van der Waals surface area contributed by atoms with Crippen LogP contribution in [0.25, 0.3) is 0 Å². The molecule has 0 atom stereocenters. The maximum absolute atomic E-state index is 11.8. The molecule has 1 aliphatic heterocycles. The van der Waals surface area contributed by atoms with E-state index < -0.39 is 0 Å². The first-order valence-corrected chi connectivity index (χ1v) is 8.36. The van der Waals surface area contributed by atoms with Gasteiger partial charge in [-0.2, -0.15) is 0 Å². The number of hydrogen-bond acceptors (Lipinski definition) is 3. The standard InChI is InChI=1S/C16H31N3O/c1-13(2)5-8-17-16(20)12-19-9-6-15(7-10-19)18-11-14-3-4-14/h13-15,18H,3-12H2,1-2H3,(H,17,20). The maximum atomic E-state index is 11.8. The normalized spacial score (nSPS) is 21.4. The van der Waals surface area contributed by atoms with Crippen molar-refractivity contribution in [2.45, 2.75) is 52.0 Å². The maximum Gasteiger partial charge on any atom is 0.234 e. The van der Waals surface area contributed by atoms with Gasteiger partial charge in [0.1, 0.15) is 0 Å². The van der Waals surface area contributed by atoms with E-state index in [1.165, 1.54) is 32.2 Å². The van der Waals surface area contributed by atoms with Crippen LogP contribution in [0.1, 0.15) is 46.0 Å². The van der Waals surface area contributed by atoms with Gasteiger partial charge in [0.15, 0.2) is 0 Å². The van der Waals surface area contributed by atoms with Gasteiger partial charge in [-0.25, -0.2) is 0 Å². The van der Waals surface area contributed by atoms with Crippen molar-refractivity contribution in [1.82, 2.24) is 15.5 Å². The highest BCUT2D eigenvalue weighted by molar-refractivity contribution is 5.77. The molecule has 1 amide bonds. The van der Waals surface area contributed by atoms with Gasteiger partial charge in [-0.05, 0) is 50.5 Å². The summed E-state index contributed by atoms with van der Waals surface area (Å²) in [5.74, 6) is 1.80. The Labute approximate surface area is 123 Å². The van der Waals surface area contributed by atoms with Gasteiger partial charge in [0, 0.05) is 25.7 Å². The highest BCUT2D eigenvalue weighted by Crippen LogP contribution is 2.28. The molecule has 4 nitrogen and oxygen atoms in total. The number of piperidine rings is 1. The van der Waals surface area contributed by atoms with Gasteiger partial charge in [-0.15, -0.1) is 0 Å². The second kappa shape index (κ2) is 7.99. The molecule has 2 fully saturated rings. The quantitative estimate of drug-likeness (QED) is 0.710. The molecular formula is C16H31N3O. The Morgan fingerprint density at radius 2 is 1.90 bits per heavy atom. The second-order valence-electron chi connectivity index (χ2n) is 6.93. The lowest BCUT2D eigenvalue weighted by atomic mass is 10.0. The van der Waals surface area contributed by atoms with Crippen LogP contribution in [-0.2, 0) is 4.79 Å². The first kappa shape index (κ1) is 15.8. The first-order valence-electron chi connectivity index (χ1n) is 8.36. The van der Waals surface area contributed by atoms with Crippen LogP contribution in [0.5, 0.6) is 0 Å². The van der Waals surface area contributed by atoms with Crippen molar-refractivity contribution in [3.63, 3.8) is 0 Å². The SMILES string of the molecule is CC(C)CCNC(=O)CN1CCC(NCC2CC2)CC1. The Morgan fingerprint density at radius 1 is 1.20 bits per heavy atom. The molecule has 1 heterocycles. The summed E-state index contributed by atoms with van der Waals surface area (Å²) in [7, 11) is 0. The molecule has 2 aliphatic rings. The number of likely N-dealkylation sites (tertiary alicyclic amines) is 1. The number of amides is 1. The lowest BCUT2D eigenvalue weighted by Gasteiger charge is -2.32. The number of nitrogens with one attached hydrogen (secondary N) is 2. The lowest BCUT2D eigenvalue weighted by Crippen LogP contribution is -2.46. The zero-order valence-corrected chi connectivity index (χ0v) is 13.2. The Bertz CT molecular complexity index is 294. The summed E-state index contributed by atoms with van der Waals surface area (Å²) < 4.78 is 0. The van der Waals surface area contributed by atoms with E-state index >= 15 is 0 Å². The van der Waals surface area contributed by atoms with Gasteiger partial charge >= 0.3 is 0 Å². The Kier molecular flexibility index (Phi) is 6.30. The van der Waals surface area contributed by atoms with E-state index in [2.05, 4.69) is 29.4 Å². The summed E-state index contributed by atoms with van der Waals surface area (Å²) in [6.45, 7) is 9.08. The fourth-order valence-corrected chi connectivity index (χ4v) is 2.71. The van der Waals surface area contributed by atoms with Gasteiger partial charge in [0.2, 0.25) is 5.91 Å². The average Bonchev–Trinajstić information content (AvgIpc) is 3.21. The minimum atomic E-state index is 0.190. The Balaban J connectivity index is 1.52. The minimum Gasteiger partial charge on any atom is -0.355 e. The van der Waals surface area contributed by atoms with Gasteiger partial charge in [0.25, 0.3) is 0 Å². The molecule has 116 valence electrons. The van der Waals surface area contributed by atoms with Crippen LogP contribution in [0.4, 0.5) is 0 Å². The third kappa shape index (κ3) is 6.23. The molecule has 0 aromatic rings. The van der Waals surface area contributed by atoms with Crippen molar-refractivity contribution in [3.8, 4) is 0 Å². The van der Waals surface area contributed by atoms with Crippen molar-refractivity contribution in [2.75, 3.05) is 32.7 Å². The van der Waals surface area contributed by atoms with Crippen LogP contribution in [-0.4, -0.2) is 49.6 Å². The van der Waals surface area contributed by atoms with Crippen LogP contribution < -0.4 is 10.6 Å². The highest BCUT2D eigenvalue weighted by atomic mass is 16.2. The molecule has 0 unspecified atom stereocenters. The third-order valence-corrected chi connectivity index (χ3v) is 4.39. The van der Waals surface area contributed by atoms with Gasteiger partial charge in [-0.1, -0.05) is 13.8 Å². The summed E-state index contributed by atoms with van der Waals surface area (Å²) in [5.41, 5.74) is 0. The fourth-order valence-electron chi connectivity index (χ4n) is 2.71. The van der Waals surface area contributed by atoms with E-state index in [9.17, 15) is 4.79 Å². The highest BCUT2D eigenvalue weighted by Gasteiger charge is 2.24. The lowest BCUT2D eigenvalue weighted by molar-refractivity contribution is -0.122. The van der Waals surface area contributed by atoms with E-state index in [4.69, 9.17) is 0 Å². The molecule has 2 rings (SSSR count). The molecule has 0 aromatic carbocycles. The van der Waals surface area contributed by atoms with Gasteiger partial charge < -0.3 is 10.6 Å². The number of rotatable bonds is 8. The molecule has 4 heteroatoms. The molecule has 0 spiro atoms. The van der Waals surface area contributed by atoms with E-state index in [1.807, 2.05) is 0 Å². The van der Waals surface area contributed by atoms with E-state index in [0.29, 0.717) is 18.5 Å². The van der Waals surface area contributed by atoms with Crippen molar-refractivity contribution < 1.29 is 4.79 Å². The summed E-state index contributed by atoms with van der Waals surface area (Å²) in [6.07, 6.45) is 6.28. The van der Waals surface area contributed by atoms with E-state index in [1.54, 1.807) is 0 Å². The summed E-state index contributed by atoms with van der Waals surface area (Å²) in [6, 6.07) is 0.677. The Hall–Kier alpha value is -0.610. The first-order chi connectivity index (χ1) is 9.63. The predicted octanol–water partition coefficient (Wildman–Crippen LogP) is 1.61. The van der Waals surface area contributed by atoms with Crippen molar-refractivity contribution >= 4 is 5.91 Å². The molecule has 2 N–H and O–H groups in total. The molecule has 1 aliphatic carbocycles. The summed E-state index contributed by atoms with van der Waals surface area (Å²) in [5, 5.41) is 6.70. The van der Waals surface area contributed by atoms with E-state index in [0.717, 1.165) is 32.0 Å². The number of nitrogens with zero attached hydrogens (tertiary/aromatic N) is 1. The monoisotopic (exact) mass is 281 g/mol. The molecule has 0 bridgehead atoms. The average molecular weight is 281 g/mol. The molecular weight excluding hydrogens is 250 g/mol. The number of carbonyl (C=O) groups excluding carboxylic acids is 1. The van der Waals surface area contributed by atoms with Crippen molar-refractivity contribution in [1.29, 1.82) is 0 Å².